The van der Waals surface area contributed by atoms with Gasteiger partial charge in [-0.1, -0.05) is 19.8 Å². The van der Waals surface area contributed by atoms with E-state index in [2.05, 4.69) is 6.92 Å². The maximum atomic E-state index is 12.7. The van der Waals surface area contributed by atoms with Gasteiger partial charge < -0.3 is 10.8 Å². The molecule has 1 saturated heterocycles. The monoisotopic (exact) mass is 312 g/mol. The lowest BCUT2D eigenvalue weighted by Gasteiger charge is -2.20. The highest BCUT2D eigenvalue weighted by atomic mass is 32.2. The zero-order valence-corrected chi connectivity index (χ0v) is 13.3. The topological polar surface area (TPSA) is 83.6 Å². The third kappa shape index (κ3) is 3.68. The van der Waals surface area contributed by atoms with Crippen LogP contribution in [0, 0.1) is 5.92 Å². The fourth-order valence-corrected chi connectivity index (χ4v) is 4.45. The standard InChI is InChI=1S/C15H24N2O3S/c1-2-4-12-5-3-9-17(10-8-12)21(19,20)13-6-7-15(18)14(16)11-13/h6-7,11-12,18H,2-5,8-10,16H2,1H3. The van der Waals surface area contributed by atoms with Gasteiger partial charge in [0, 0.05) is 13.1 Å². The van der Waals surface area contributed by atoms with E-state index in [1.807, 2.05) is 0 Å². The molecule has 1 aliphatic heterocycles. The number of phenolic OH excluding ortho intramolecular Hbond substituents is 1. The van der Waals surface area contributed by atoms with E-state index in [-0.39, 0.29) is 16.3 Å². The van der Waals surface area contributed by atoms with Crippen molar-refractivity contribution in [3.05, 3.63) is 18.2 Å². The molecule has 5 nitrogen and oxygen atoms in total. The number of nitrogen functional groups attached to an aromatic ring is 1. The minimum Gasteiger partial charge on any atom is -0.506 e. The van der Waals surface area contributed by atoms with Gasteiger partial charge in [-0.05, 0) is 43.4 Å². The molecule has 118 valence electrons. The molecule has 0 aliphatic carbocycles. The Morgan fingerprint density at radius 1 is 1.33 bits per heavy atom. The summed E-state index contributed by atoms with van der Waals surface area (Å²) in [7, 11) is -3.52. The molecule has 0 saturated carbocycles. The summed E-state index contributed by atoms with van der Waals surface area (Å²) in [5.74, 6) is 0.535. The Labute approximate surface area is 126 Å². The fourth-order valence-electron chi connectivity index (χ4n) is 2.92. The normalized spacial score (nSPS) is 21.1. The second kappa shape index (κ2) is 6.66. The quantitative estimate of drug-likeness (QED) is 0.661. The van der Waals surface area contributed by atoms with E-state index in [9.17, 15) is 13.5 Å². The van der Waals surface area contributed by atoms with Gasteiger partial charge in [-0.2, -0.15) is 4.31 Å². The van der Waals surface area contributed by atoms with Crippen molar-refractivity contribution in [2.75, 3.05) is 18.8 Å². The zero-order chi connectivity index (χ0) is 15.5. The summed E-state index contributed by atoms with van der Waals surface area (Å²) in [6.07, 6.45) is 5.22. The van der Waals surface area contributed by atoms with Crippen molar-refractivity contribution in [3.63, 3.8) is 0 Å². The Hall–Kier alpha value is -1.27. The molecular formula is C15H24N2O3S. The Morgan fingerprint density at radius 2 is 2.10 bits per heavy atom. The smallest absolute Gasteiger partial charge is 0.243 e. The van der Waals surface area contributed by atoms with Gasteiger partial charge in [0.15, 0.2) is 0 Å². The summed E-state index contributed by atoms with van der Waals surface area (Å²) in [4.78, 5) is 0.159. The van der Waals surface area contributed by atoms with Crippen molar-refractivity contribution in [3.8, 4) is 5.75 Å². The van der Waals surface area contributed by atoms with E-state index in [4.69, 9.17) is 5.73 Å². The first-order chi connectivity index (χ1) is 9.95. The summed E-state index contributed by atoms with van der Waals surface area (Å²) in [6.45, 7) is 3.29. The van der Waals surface area contributed by atoms with Crippen molar-refractivity contribution in [1.29, 1.82) is 0 Å². The predicted octanol–water partition coefficient (Wildman–Crippen LogP) is 2.57. The van der Waals surface area contributed by atoms with E-state index in [1.165, 1.54) is 24.6 Å². The minimum atomic E-state index is -3.52. The SMILES string of the molecule is CCCC1CCCN(S(=O)(=O)c2ccc(O)c(N)c2)CC1. The van der Waals surface area contributed by atoms with E-state index in [0.717, 1.165) is 25.7 Å². The minimum absolute atomic E-state index is 0.0900. The van der Waals surface area contributed by atoms with E-state index in [1.54, 1.807) is 4.31 Å². The van der Waals surface area contributed by atoms with Gasteiger partial charge in [-0.3, -0.25) is 0 Å². The molecule has 0 radical (unpaired) electrons. The molecule has 21 heavy (non-hydrogen) atoms. The number of rotatable bonds is 4. The summed E-state index contributed by atoms with van der Waals surface area (Å²) in [5.41, 5.74) is 5.70. The summed E-state index contributed by atoms with van der Waals surface area (Å²) < 4.78 is 26.9. The highest BCUT2D eigenvalue weighted by Crippen LogP contribution is 2.28. The third-order valence-electron chi connectivity index (χ3n) is 4.14. The van der Waals surface area contributed by atoms with Gasteiger partial charge in [-0.15, -0.1) is 0 Å². The van der Waals surface area contributed by atoms with Crippen LogP contribution in [-0.4, -0.2) is 30.9 Å². The lowest BCUT2D eigenvalue weighted by Crippen LogP contribution is -2.32. The van der Waals surface area contributed by atoms with Gasteiger partial charge in [0.2, 0.25) is 10.0 Å². The van der Waals surface area contributed by atoms with Gasteiger partial charge in [0.05, 0.1) is 10.6 Å². The number of anilines is 1. The van der Waals surface area contributed by atoms with E-state index >= 15 is 0 Å². The molecule has 0 amide bonds. The molecule has 1 aromatic carbocycles. The molecule has 3 N–H and O–H groups in total. The molecule has 1 atom stereocenters. The van der Waals surface area contributed by atoms with Crippen LogP contribution in [0.25, 0.3) is 0 Å². The highest BCUT2D eigenvalue weighted by molar-refractivity contribution is 7.89. The molecule has 1 fully saturated rings. The molecule has 0 bridgehead atoms. The summed E-state index contributed by atoms with van der Waals surface area (Å²) in [5, 5.41) is 9.43. The van der Waals surface area contributed by atoms with Crippen molar-refractivity contribution in [2.45, 2.75) is 43.9 Å². The molecule has 1 aromatic rings. The fraction of sp³-hybridized carbons (Fsp3) is 0.600. The lowest BCUT2D eigenvalue weighted by atomic mass is 9.96. The summed E-state index contributed by atoms with van der Waals surface area (Å²) >= 11 is 0. The maximum Gasteiger partial charge on any atom is 0.243 e. The lowest BCUT2D eigenvalue weighted by molar-refractivity contribution is 0.400. The van der Waals surface area contributed by atoms with Crippen LogP contribution in [0.2, 0.25) is 0 Å². The summed E-state index contributed by atoms with van der Waals surface area (Å²) in [6, 6.07) is 4.08. The Kier molecular flexibility index (Phi) is 5.11. The molecule has 1 unspecified atom stereocenters. The van der Waals surface area contributed by atoms with Crippen LogP contribution in [0.4, 0.5) is 5.69 Å². The van der Waals surface area contributed by atoms with Crippen LogP contribution in [0.3, 0.4) is 0 Å². The maximum absolute atomic E-state index is 12.7. The molecule has 1 heterocycles. The van der Waals surface area contributed by atoms with Crippen LogP contribution in [0.1, 0.15) is 39.0 Å². The van der Waals surface area contributed by atoms with Crippen LogP contribution in [0.5, 0.6) is 5.75 Å². The third-order valence-corrected chi connectivity index (χ3v) is 6.03. The Bertz CT molecular complexity index is 587. The average Bonchev–Trinajstić information content (AvgIpc) is 2.68. The first kappa shape index (κ1) is 16.1. The van der Waals surface area contributed by atoms with Crippen LogP contribution >= 0.6 is 0 Å². The molecule has 0 spiro atoms. The van der Waals surface area contributed by atoms with Crippen molar-refractivity contribution >= 4 is 15.7 Å². The van der Waals surface area contributed by atoms with Gasteiger partial charge in [0.1, 0.15) is 5.75 Å². The molecule has 2 rings (SSSR count). The first-order valence-electron chi connectivity index (χ1n) is 7.53. The number of benzene rings is 1. The largest absolute Gasteiger partial charge is 0.506 e. The average molecular weight is 312 g/mol. The number of nitrogens with two attached hydrogens (primary N) is 1. The van der Waals surface area contributed by atoms with Crippen molar-refractivity contribution in [2.24, 2.45) is 5.92 Å². The van der Waals surface area contributed by atoms with Crippen LogP contribution in [0.15, 0.2) is 23.1 Å². The zero-order valence-electron chi connectivity index (χ0n) is 12.5. The number of phenols is 1. The second-order valence-corrected chi connectivity index (χ2v) is 7.65. The second-order valence-electron chi connectivity index (χ2n) is 5.71. The number of hydrogen-bond donors (Lipinski definition) is 2. The van der Waals surface area contributed by atoms with E-state index in [0.29, 0.717) is 19.0 Å². The molecule has 0 aromatic heterocycles. The molecular weight excluding hydrogens is 288 g/mol. The van der Waals surface area contributed by atoms with Crippen LogP contribution in [-0.2, 0) is 10.0 Å². The Morgan fingerprint density at radius 3 is 2.76 bits per heavy atom. The number of hydrogen-bond acceptors (Lipinski definition) is 4. The van der Waals surface area contributed by atoms with Gasteiger partial charge in [0.25, 0.3) is 0 Å². The predicted molar refractivity (Wildman–Crippen MR) is 83.5 cm³/mol. The first-order valence-corrected chi connectivity index (χ1v) is 8.97. The molecule has 1 aliphatic rings. The van der Waals surface area contributed by atoms with Gasteiger partial charge >= 0.3 is 0 Å². The van der Waals surface area contributed by atoms with Crippen LogP contribution < -0.4 is 5.73 Å². The number of nitrogens with zero attached hydrogens (tertiary/aromatic N) is 1. The molecule has 6 heteroatoms. The number of sulfonamides is 1. The highest BCUT2D eigenvalue weighted by Gasteiger charge is 2.27. The van der Waals surface area contributed by atoms with Crippen molar-refractivity contribution in [1.82, 2.24) is 4.31 Å². The van der Waals surface area contributed by atoms with Crippen molar-refractivity contribution < 1.29 is 13.5 Å². The van der Waals surface area contributed by atoms with E-state index < -0.39 is 10.0 Å². The Balaban J connectivity index is 2.17. The van der Waals surface area contributed by atoms with Gasteiger partial charge in [-0.25, -0.2) is 8.42 Å². The number of aromatic hydroxyl groups is 1.